The summed E-state index contributed by atoms with van der Waals surface area (Å²) in [5.41, 5.74) is 0. The maximum atomic E-state index is 12.0. The molecule has 1 heterocycles. The summed E-state index contributed by atoms with van der Waals surface area (Å²) < 4.78 is 45.2. The number of hydrogen-bond acceptors (Lipinski definition) is 4. The molecule has 0 unspecified atom stereocenters. The quantitative estimate of drug-likeness (QED) is 0.873. The third-order valence-corrected chi connectivity index (χ3v) is 3.35. The molecule has 0 amide bonds. The van der Waals surface area contributed by atoms with Crippen molar-refractivity contribution < 1.29 is 32.5 Å². The molecule has 1 atom stereocenters. The monoisotopic (exact) mass is 319 g/mol. The van der Waals surface area contributed by atoms with E-state index < -0.39 is 18.4 Å². The van der Waals surface area contributed by atoms with Crippen LogP contribution < -0.4 is 9.47 Å². The predicted octanol–water partition coefficient (Wildman–Crippen LogP) is 2.51. The van der Waals surface area contributed by atoms with Crippen LogP contribution in [0, 0.1) is 0 Å². The van der Waals surface area contributed by atoms with E-state index in [1.807, 2.05) is 4.90 Å². The number of hydrogen-bond donors (Lipinski definition) is 1. The molecule has 0 bridgehead atoms. The molecule has 1 N–H and O–H groups in total. The Kier molecular flexibility index (Phi) is 5.12. The second kappa shape index (κ2) is 6.87. The first-order valence-corrected chi connectivity index (χ1v) is 6.80. The number of carboxylic acids is 1. The van der Waals surface area contributed by atoms with E-state index in [0.717, 1.165) is 6.42 Å². The molecule has 1 saturated heterocycles. The van der Waals surface area contributed by atoms with Gasteiger partial charge >= 0.3 is 12.3 Å². The predicted molar refractivity (Wildman–Crippen MR) is 70.9 cm³/mol. The molecule has 1 aromatic carbocycles. The zero-order valence-corrected chi connectivity index (χ0v) is 11.7. The minimum Gasteiger partial charge on any atom is -0.492 e. The van der Waals surface area contributed by atoms with E-state index in [2.05, 4.69) is 4.74 Å². The van der Waals surface area contributed by atoms with E-state index in [0.29, 0.717) is 25.3 Å². The fourth-order valence-electron chi connectivity index (χ4n) is 2.39. The summed E-state index contributed by atoms with van der Waals surface area (Å²) in [7, 11) is 0. The van der Waals surface area contributed by atoms with Gasteiger partial charge in [0, 0.05) is 6.54 Å². The topological polar surface area (TPSA) is 59.0 Å². The lowest BCUT2D eigenvalue weighted by atomic mass is 10.2. The summed E-state index contributed by atoms with van der Waals surface area (Å²) in [5, 5.41) is 9.04. The molecule has 0 spiro atoms. The summed E-state index contributed by atoms with van der Waals surface area (Å²) in [5.74, 6) is -0.753. The van der Waals surface area contributed by atoms with Crippen molar-refractivity contribution in [2.75, 3.05) is 19.7 Å². The van der Waals surface area contributed by atoms with Crippen molar-refractivity contribution in [3.63, 3.8) is 0 Å². The van der Waals surface area contributed by atoms with Gasteiger partial charge in [0.2, 0.25) is 0 Å². The van der Waals surface area contributed by atoms with Crippen LogP contribution in [-0.2, 0) is 4.79 Å². The second-order valence-electron chi connectivity index (χ2n) is 4.90. The molecule has 1 aliphatic heterocycles. The van der Waals surface area contributed by atoms with E-state index in [1.54, 1.807) is 0 Å². The van der Waals surface area contributed by atoms with Gasteiger partial charge < -0.3 is 14.6 Å². The van der Waals surface area contributed by atoms with Gasteiger partial charge in [0.15, 0.2) is 0 Å². The highest BCUT2D eigenvalue weighted by molar-refractivity contribution is 5.73. The van der Waals surface area contributed by atoms with Gasteiger partial charge in [0.05, 0.1) is 0 Å². The van der Waals surface area contributed by atoms with Crippen LogP contribution in [0.25, 0.3) is 0 Å². The van der Waals surface area contributed by atoms with Crippen LogP contribution in [0.5, 0.6) is 11.5 Å². The number of aliphatic carboxylic acids is 1. The molecule has 8 heteroatoms. The van der Waals surface area contributed by atoms with Crippen molar-refractivity contribution in [1.82, 2.24) is 4.90 Å². The van der Waals surface area contributed by atoms with Crippen LogP contribution in [0.2, 0.25) is 0 Å². The molecule has 5 nitrogen and oxygen atoms in total. The first kappa shape index (κ1) is 16.4. The zero-order valence-electron chi connectivity index (χ0n) is 11.7. The SMILES string of the molecule is O=C(O)[C@H]1CCCN1CCOc1ccc(OC(F)(F)F)cc1. The zero-order chi connectivity index (χ0) is 16.2. The van der Waals surface area contributed by atoms with Crippen molar-refractivity contribution in [3.05, 3.63) is 24.3 Å². The van der Waals surface area contributed by atoms with Gasteiger partial charge in [-0.2, -0.15) is 0 Å². The smallest absolute Gasteiger partial charge is 0.492 e. The molecule has 0 aromatic heterocycles. The van der Waals surface area contributed by atoms with Gasteiger partial charge in [-0.15, -0.1) is 13.2 Å². The van der Waals surface area contributed by atoms with Gasteiger partial charge in [-0.1, -0.05) is 0 Å². The summed E-state index contributed by atoms with van der Waals surface area (Å²) >= 11 is 0. The number of likely N-dealkylation sites (tertiary alicyclic amines) is 1. The average molecular weight is 319 g/mol. The number of benzene rings is 1. The minimum absolute atomic E-state index is 0.267. The van der Waals surface area contributed by atoms with Gasteiger partial charge in [-0.3, -0.25) is 9.69 Å². The molecular weight excluding hydrogens is 303 g/mol. The van der Waals surface area contributed by atoms with Crippen LogP contribution in [-0.4, -0.2) is 48.1 Å². The third kappa shape index (κ3) is 4.80. The number of alkyl halides is 3. The Labute approximate surface area is 125 Å². The van der Waals surface area contributed by atoms with Crippen molar-refractivity contribution in [1.29, 1.82) is 0 Å². The molecule has 2 rings (SSSR count). The number of carbonyl (C=O) groups is 1. The Morgan fingerprint density at radius 3 is 2.50 bits per heavy atom. The Bertz CT molecular complexity index is 504. The van der Waals surface area contributed by atoms with E-state index in [1.165, 1.54) is 24.3 Å². The van der Waals surface area contributed by atoms with Crippen LogP contribution in [0.4, 0.5) is 13.2 Å². The third-order valence-electron chi connectivity index (χ3n) is 3.35. The number of rotatable bonds is 6. The first-order chi connectivity index (χ1) is 10.3. The summed E-state index contributed by atoms with van der Waals surface area (Å²) in [6.07, 6.45) is -3.26. The summed E-state index contributed by atoms with van der Waals surface area (Å²) in [4.78, 5) is 12.8. The lowest BCUT2D eigenvalue weighted by Gasteiger charge is -2.20. The van der Waals surface area contributed by atoms with Gasteiger partial charge in [0.25, 0.3) is 0 Å². The Morgan fingerprint density at radius 1 is 1.27 bits per heavy atom. The Balaban J connectivity index is 1.79. The molecule has 122 valence electrons. The normalized spacial score (nSPS) is 19.1. The first-order valence-electron chi connectivity index (χ1n) is 6.80. The summed E-state index contributed by atoms with van der Waals surface area (Å²) in [6, 6.07) is 4.60. The number of carboxylic acid groups (broad SMARTS) is 1. The molecular formula is C14H16F3NO4. The lowest BCUT2D eigenvalue weighted by Crippen LogP contribution is -2.38. The molecule has 0 saturated carbocycles. The van der Waals surface area contributed by atoms with E-state index in [-0.39, 0.29) is 12.4 Å². The van der Waals surface area contributed by atoms with Crippen LogP contribution in [0.3, 0.4) is 0 Å². The number of nitrogens with zero attached hydrogens (tertiary/aromatic N) is 1. The highest BCUT2D eigenvalue weighted by Crippen LogP contribution is 2.24. The molecule has 0 aliphatic carbocycles. The van der Waals surface area contributed by atoms with Gasteiger partial charge in [0.1, 0.15) is 24.1 Å². The maximum absolute atomic E-state index is 12.0. The van der Waals surface area contributed by atoms with Crippen LogP contribution in [0.1, 0.15) is 12.8 Å². The largest absolute Gasteiger partial charge is 0.573 e. The number of ether oxygens (including phenoxy) is 2. The van der Waals surface area contributed by atoms with Crippen LogP contribution in [0.15, 0.2) is 24.3 Å². The molecule has 22 heavy (non-hydrogen) atoms. The fourth-order valence-corrected chi connectivity index (χ4v) is 2.39. The second-order valence-corrected chi connectivity index (χ2v) is 4.90. The molecule has 1 fully saturated rings. The van der Waals surface area contributed by atoms with Gasteiger partial charge in [-0.25, -0.2) is 0 Å². The fraction of sp³-hybridized carbons (Fsp3) is 0.500. The Hall–Kier alpha value is -1.96. The van der Waals surface area contributed by atoms with E-state index in [9.17, 15) is 18.0 Å². The minimum atomic E-state index is -4.72. The van der Waals surface area contributed by atoms with Gasteiger partial charge in [-0.05, 0) is 43.7 Å². The standard InChI is InChI=1S/C14H16F3NO4/c15-14(16,17)22-11-5-3-10(4-6-11)21-9-8-18-7-1-2-12(18)13(19)20/h3-6,12H,1-2,7-9H2,(H,19,20)/t12-/m1/s1. The van der Waals surface area contributed by atoms with Crippen molar-refractivity contribution in [2.24, 2.45) is 0 Å². The van der Waals surface area contributed by atoms with E-state index >= 15 is 0 Å². The highest BCUT2D eigenvalue weighted by atomic mass is 19.4. The maximum Gasteiger partial charge on any atom is 0.573 e. The average Bonchev–Trinajstić information content (AvgIpc) is 2.88. The van der Waals surface area contributed by atoms with Crippen LogP contribution >= 0.6 is 0 Å². The Morgan fingerprint density at radius 2 is 1.91 bits per heavy atom. The van der Waals surface area contributed by atoms with E-state index in [4.69, 9.17) is 9.84 Å². The van der Waals surface area contributed by atoms with Crippen molar-refractivity contribution in [2.45, 2.75) is 25.2 Å². The number of halogens is 3. The molecule has 0 radical (unpaired) electrons. The lowest BCUT2D eigenvalue weighted by molar-refractivity contribution is -0.274. The highest BCUT2D eigenvalue weighted by Gasteiger charge is 2.31. The van der Waals surface area contributed by atoms with Crippen molar-refractivity contribution >= 4 is 5.97 Å². The molecule has 1 aliphatic rings. The van der Waals surface area contributed by atoms with Crippen molar-refractivity contribution in [3.8, 4) is 11.5 Å². The molecule has 1 aromatic rings. The summed E-state index contributed by atoms with van der Waals surface area (Å²) in [6.45, 7) is 1.43.